The van der Waals surface area contributed by atoms with E-state index in [-0.39, 0.29) is 17.7 Å². The van der Waals surface area contributed by atoms with Gasteiger partial charge in [0.1, 0.15) is 5.76 Å². The largest absolute Gasteiger partial charge is 0.467 e. The molecule has 6 nitrogen and oxygen atoms in total. The maximum atomic E-state index is 12.9. The van der Waals surface area contributed by atoms with Gasteiger partial charge in [0.05, 0.1) is 18.7 Å². The number of carbonyl (C=O) groups excluding carboxylic acids is 2. The fourth-order valence-corrected chi connectivity index (χ4v) is 3.91. The van der Waals surface area contributed by atoms with E-state index in [1.165, 1.54) is 5.56 Å². The van der Waals surface area contributed by atoms with E-state index in [0.717, 1.165) is 38.5 Å². The van der Waals surface area contributed by atoms with Gasteiger partial charge in [0.15, 0.2) is 0 Å². The highest BCUT2D eigenvalue weighted by molar-refractivity contribution is 5.89. The minimum atomic E-state index is -0.229. The Balaban J connectivity index is 1.27. The van der Waals surface area contributed by atoms with Crippen molar-refractivity contribution in [3.8, 4) is 0 Å². The molecule has 4 rings (SSSR count). The molecule has 2 aromatic rings. The van der Waals surface area contributed by atoms with Gasteiger partial charge in [-0.1, -0.05) is 30.3 Å². The van der Waals surface area contributed by atoms with Gasteiger partial charge in [-0.25, -0.2) is 0 Å². The average Bonchev–Trinajstić information content (AvgIpc) is 3.33. The second-order valence-corrected chi connectivity index (χ2v) is 7.34. The smallest absolute Gasteiger partial charge is 0.228 e. The summed E-state index contributed by atoms with van der Waals surface area (Å²) < 4.78 is 5.32. The highest BCUT2D eigenvalue weighted by Crippen LogP contribution is 2.23. The van der Waals surface area contributed by atoms with Gasteiger partial charge in [-0.2, -0.15) is 0 Å². The molecule has 0 aliphatic carbocycles. The van der Waals surface area contributed by atoms with Crippen LogP contribution in [0.1, 0.15) is 17.7 Å². The summed E-state index contributed by atoms with van der Waals surface area (Å²) >= 11 is 0. The molecule has 0 spiro atoms. The van der Waals surface area contributed by atoms with E-state index < -0.39 is 0 Å². The van der Waals surface area contributed by atoms with Crippen LogP contribution in [-0.2, 0) is 22.7 Å². The highest BCUT2D eigenvalue weighted by Gasteiger charge is 2.37. The number of piperazine rings is 1. The molecule has 0 saturated carbocycles. The summed E-state index contributed by atoms with van der Waals surface area (Å²) in [5.41, 5.74) is 1.30. The summed E-state index contributed by atoms with van der Waals surface area (Å²) in [6.07, 6.45) is 1.91. The molecule has 2 saturated heterocycles. The maximum absolute atomic E-state index is 12.9. The average molecular weight is 367 g/mol. The Kier molecular flexibility index (Phi) is 5.25. The number of rotatable bonds is 5. The van der Waals surface area contributed by atoms with E-state index in [0.29, 0.717) is 19.5 Å². The van der Waals surface area contributed by atoms with Crippen molar-refractivity contribution in [2.75, 3.05) is 32.7 Å². The number of hydrogen-bond donors (Lipinski definition) is 0. The summed E-state index contributed by atoms with van der Waals surface area (Å²) in [6, 6.07) is 14.1. The van der Waals surface area contributed by atoms with Crippen LogP contribution < -0.4 is 0 Å². The first-order valence-electron chi connectivity index (χ1n) is 9.54. The Bertz CT molecular complexity index is 767. The number of likely N-dealkylation sites (tertiary alicyclic amines) is 1. The van der Waals surface area contributed by atoms with E-state index in [9.17, 15) is 9.59 Å². The molecule has 1 atom stereocenters. The fraction of sp³-hybridized carbons (Fsp3) is 0.429. The molecule has 27 heavy (non-hydrogen) atoms. The van der Waals surface area contributed by atoms with Crippen LogP contribution in [0.5, 0.6) is 0 Å². The number of carbonyl (C=O) groups is 2. The third-order valence-corrected chi connectivity index (χ3v) is 5.42. The summed E-state index contributed by atoms with van der Waals surface area (Å²) in [5.74, 6) is 0.677. The van der Waals surface area contributed by atoms with Crippen LogP contribution >= 0.6 is 0 Å². The quantitative estimate of drug-likeness (QED) is 0.811. The lowest BCUT2D eigenvalue weighted by Crippen LogP contribution is -2.50. The first-order valence-corrected chi connectivity index (χ1v) is 9.54. The lowest BCUT2D eigenvalue weighted by molar-refractivity contribution is -0.137. The fourth-order valence-electron chi connectivity index (χ4n) is 3.91. The van der Waals surface area contributed by atoms with E-state index >= 15 is 0 Å². The van der Waals surface area contributed by atoms with E-state index in [1.54, 1.807) is 11.2 Å². The molecule has 6 heteroatoms. The molecule has 0 unspecified atom stereocenters. The zero-order chi connectivity index (χ0) is 18.6. The highest BCUT2D eigenvalue weighted by atomic mass is 16.3. The third-order valence-electron chi connectivity index (χ3n) is 5.42. The van der Waals surface area contributed by atoms with Crippen molar-refractivity contribution in [1.82, 2.24) is 14.7 Å². The minimum Gasteiger partial charge on any atom is -0.467 e. The van der Waals surface area contributed by atoms with Crippen molar-refractivity contribution in [3.05, 3.63) is 60.1 Å². The molecule has 3 heterocycles. The normalized spacial score (nSPS) is 21.0. The number of nitrogens with zero attached hydrogens (tertiary/aromatic N) is 3. The predicted molar refractivity (Wildman–Crippen MR) is 101 cm³/mol. The lowest BCUT2D eigenvalue weighted by Gasteiger charge is -2.35. The van der Waals surface area contributed by atoms with Crippen molar-refractivity contribution in [2.45, 2.75) is 19.5 Å². The van der Waals surface area contributed by atoms with Gasteiger partial charge in [-0.05, 0) is 17.7 Å². The maximum Gasteiger partial charge on any atom is 0.228 e. The van der Waals surface area contributed by atoms with Gasteiger partial charge in [-0.15, -0.1) is 0 Å². The van der Waals surface area contributed by atoms with Gasteiger partial charge >= 0.3 is 0 Å². The van der Waals surface area contributed by atoms with E-state index in [2.05, 4.69) is 29.2 Å². The topological polar surface area (TPSA) is 57.0 Å². The van der Waals surface area contributed by atoms with Crippen molar-refractivity contribution < 1.29 is 14.0 Å². The number of furan rings is 1. The zero-order valence-electron chi connectivity index (χ0n) is 15.4. The Morgan fingerprint density at radius 1 is 1.00 bits per heavy atom. The summed E-state index contributed by atoms with van der Waals surface area (Å²) in [4.78, 5) is 31.2. The second-order valence-electron chi connectivity index (χ2n) is 7.34. The Labute approximate surface area is 159 Å². The van der Waals surface area contributed by atoms with Crippen LogP contribution in [0.25, 0.3) is 0 Å². The van der Waals surface area contributed by atoms with Crippen LogP contribution in [-0.4, -0.2) is 59.2 Å². The molecule has 0 radical (unpaired) electrons. The van der Waals surface area contributed by atoms with Crippen molar-refractivity contribution >= 4 is 11.8 Å². The predicted octanol–water partition coefficient (Wildman–Crippen LogP) is 1.97. The molecule has 2 amide bonds. The molecule has 2 aliphatic heterocycles. The monoisotopic (exact) mass is 367 g/mol. The van der Waals surface area contributed by atoms with Crippen molar-refractivity contribution in [3.63, 3.8) is 0 Å². The first-order chi connectivity index (χ1) is 13.2. The molecular formula is C21H25N3O3. The lowest BCUT2D eigenvalue weighted by atomic mass is 10.1. The number of benzene rings is 1. The number of amides is 2. The Morgan fingerprint density at radius 3 is 2.48 bits per heavy atom. The van der Waals surface area contributed by atoms with Crippen LogP contribution in [0.2, 0.25) is 0 Å². The Hall–Kier alpha value is -2.60. The molecule has 2 aliphatic rings. The molecule has 142 valence electrons. The molecule has 0 N–H and O–H groups in total. The van der Waals surface area contributed by atoms with E-state index in [1.807, 2.05) is 23.1 Å². The summed E-state index contributed by atoms with van der Waals surface area (Å²) in [6.45, 7) is 5.06. The molecule has 1 aromatic carbocycles. The zero-order valence-corrected chi connectivity index (χ0v) is 15.4. The summed E-state index contributed by atoms with van der Waals surface area (Å²) in [5, 5.41) is 0. The SMILES string of the molecule is O=C1C[C@@H](C(=O)N2CCN(Cc3ccccc3)CC2)CN1Cc1ccco1. The van der Waals surface area contributed by atoms with Gasteiger partial charge < -0.3 is 14.2 Å². The first kappa shape index (κ1) is 17.8. The van der Waals surface area contributed by atoms with Crippen LogP contribution in [0.4, 0.5) is 0 Å². The van der Waals surface area contributed by atoms with Gasteiger partial charge in [0.2, 0.25) is 11.8 Å². The number of hydrogen-bond acceptors (Lipinski definition) is 4. The standard InChI is InChI=1S/C21H25N3O3/c25-20-13-18(15-24(20)16-19-7-4-12-27-19)21(26)23-10-8-22(9-11-23)14-17-5-2-1-3-6-17/h1-7,12,18H,8-11,13-16H2/t18-/m1/s1. The second kappa shape index (κ2) is 7.96. The molecule has 2 fully saturated rings. The minimum absolute atomic E-state index is 0.0347. The summed E-state index contributed by atoms with van der Waals surface area (Å²) in [7, 11) is 0. The van der Waals surface area contributed by atoms with Gasteiger partial charge in [0, 0.05) is 45.7 Å². The third kappa shape index (κ3) is 4.22. The molecule has 0 bridgehead atoms. The van der Waals surface area contributed by atoms with Crippen LogP contribution in [0.3, 0.4) is 0 Å². The molecule has 1 aromatic heterocycles. The molecular weight excluding hydrogens is 342 g/mol. The van der Waals surface area contributed by atoms with Crippen LogP contribution in [0.15, 0.2) is 53.1 Å². The van der Waals surface area contributed by atoms with Gasteiger partial charge in [0.25, 0.3) is 0 Å². The Morgan fingerprint density at radius 2 is 1.78 bits per heavy atom. The van der Waals surface area contributed by atoms with Crippen molar-refractivity contribution in [1.29, 1.82) is 0 Å². The van der Waals surface area contributed by atoms with Crippen molar-refractivity contribution in [2.24, 2.45) is 5.92 Å². The van der Waals surface area contributed by atoms with E-state index in [4.69, 9.17) is 4.42 Å². The van der Waals surface area contributed by atoms with Crippen LogP contribution in [0, 0.1) is 5.92 Å². The van der Waals surface area contributed by atoms with Gasteiger partial charge in [-0.3, -0.25) is 14.5 Å².